The summed E-state index contributed by atoms with van der Waals surface area (Å²) in [6.07, 6.45) is 47.4. The summed E-state index contributed by atoms with van der Waals surface area (Å²) in [6.45, 7) is 2.75. The number of carbonyl (C=O) groups excluding carboxylic acids is 2. The van der Waals surface area contributed by atoms with Gasteiger partial charge in [0.2, 0.25) is 0 Å². The molecule has 0 heterocycles. The molecule has 11 nitrogen and oxygen atoms in total. The van der Waals surface area contributed by atoms with Gasteiger partial charge in [0.1, 0.15) is 12.6 Å². The van der Waals surface area contributed by atoms with Crippen LogP contribution in [-0.4, -0.2) is 59.9 Å². The van der Waals surface area contributed by atoms with Crippen molar-refractivity contribution in [2.24, 2.45) is 5.73 Å². The highest BCUT2D eigenvalue weighted by atomic mass is 31.2. The van der Waals surface area contributed by atoms with E-state index in [1.807, 2.05) is 0 Å². The predicted molar refractivity (Wildman–Crippen MR) is 240 cm³/mol. The normalized spacial score (nSPS) is 14.1. The first-order chi connectivity index (χ1) is 28.6. The number of phosphoric ester groups is 1. The van der Waals surface area contributed by atoms with Gasteiger partial charge in [0, 0.05) is 12.8 Å². The third-order valence-electron chi connectivity index (χ3n) is 9.80. The van der Waals surface area contributed by atoms with E-state index in [-0.39, 0.29) is 19.4 Å². The second kappa shape index (κ2) is 42.1. The maximum Gasteiger partial charge on any atom is 0.472 e. The van der Waals surface area contributed by atoms with Crippen LogP contribution in [0.4, 0.5) is 0 Å². The van der Waals surface area contributed by atoms with E-state index in [4.69, 9.17) is 24.8 Å². The zero-order chi connectivity index (χ0) is 43.5. The molecule has 0 aromatic rings. The SMILES string of the molecule is CCCCC/C=C\C/C=C\CCCCCCCCCCCC(=O)OC(COC(=O)CCCCCCC/C=C\C/C=C\CCCCCC)COP(=O)(O)OCC(N)C(=O)O. The third-order valence-corrected chi connectivity index (χ3v) is 10.8. The molecule has 0 aromatic carbocycles. The Balaban J connectivity index is 4.35. The third kappa shape index (κ3) is 41.9. The van der Waals surface area contributed by atoms with Crippen LogP contribution in [0, 0.1) is 0 Å². The molecule has 12 heteroatoms. The Bertz CT molecular complexity index is 1190. The summed E-state index contributed by atoms with van der Waals surface area (Å²) >= 11 is 0. The second-order valence-corrected chi connectivity index (χ2v) is 17.0. The van der Waals surface area contributed by atoms with Gasteiger partial charge in [-0.15, -0.1) is 0 Å². The number of nitrogens with two attached hydrogens (primary N) is 1. The molecule has 0 spiro atoms. The lowest BCUT2D eigenvalue weighted by atomic mass is 10.1. The van der Waals surface area contributed by atoms with E-state index in [0.29, 0.717) is 12.8 Å². The van der Waals surface area contributed by atoms with Crippen molar-refractivity contribution in [2.45, 2.75) is 212 Å². The molecule has 0 rings (SSSR count). The molecule has 0 aliphatic heterocycles. The Labute approximate surface area is 358 Å². The number of rotatable bonds is 43. The number of ether oxygens (including phenoxy) is 2. The van der Waals surface area contributed by atoms with Crippen LogP contribution in [0.2, 0.25) is 0 Å². The van der Waals surface area contributed by atoms with Gasteiger partial charge in [0.05, 0.1) is 13.2 Å². The van der Waals surface area contributed by atoms with Crippen molar-refractivity contribution in [1.29, 1.82) is 0 Å². The highest BCUT2D eigenvalue weighted by molar-refractivity contribution is 7.47. The summed E-state index contributed by atoms with van der Waals surface area (Å²) in [6, 6.07) is -1.53. The Kier molecular flexibility index (Phi) is 40.3. The second-order valence-electron chi connectivity index (χ2n) is 15.5. The maximum absolute atomic E-state index is 12.7. The minimum atomic E-state index is -4.72. The zero-order valence-corrected chi connectivity index (χ0v) is 38.0. The molecule has 59 heavy (non-hydrogen) atoms. The first-order valence-corrected chi connectivity index (χ1v) is 24.7. The van der Waals surface area contributed by atoms with Gasteiger partial charge in [-0.05, 0) is 77.0 Å². The van der Waals surface area contributed by atoms with Crippen LogP contribution in [0.1, 0.15) is 200 Å². The number of carboxylic acid groups (broad SMARTS) is 1. The number of unbranched alkanes of at least 4 members (excludes halogenated alkanes) is 21. The number of aliphatic carboxylic acids is 1. The van der Waals surface area contributed by atoms with Crippen molar-refractivity contribution < 1.29 is 47.5 Å². The van der Waals surface area contributed by atoms with E-state index < -0.39 is 51.1 Å². The number of hydrogen-bond acceptors (Lipinski definition) is 9. The molecular weight excluding hydrogens is 769 g/mol. The fourth-order valence-electron chi connectivity index (χ4n) is 6.12. The van der Waals surface area contributed by atoms with Crippen LogP contribution in [0.25, 0.3) is 0 Å². The molecule has 0 radical (unpaired) electrons. The largest absolute Gasteiger partial charge is 0.480 e. The van der Waals surface area contributed by atoms with E-state index in [1.54, 1.807) is 0 Å². The quantitative estimate of drug-likeness (QED) is 0.0231. The summed E-state index contributed by atoms with van der Waals surface area (Å²) in [7, 11) is -4.72. The van der Waals surface area contributed by atoms with Crippen molar-refractivity contribution in [3.05, 3.63) is 48.6 Å². The number of esters is 2. The number of phosphoric acid groups is 1. The van der Waals surface area contributed by atoms with Gasteiger partial charge in [0.15, 0.2) is 6.10 Å². The molecule has 0 saturated heterocycles. The lowest BCUT2D eigenvalue weighted by molar-refractivity contribution is -0.161. The van der Waals surface area contributed by atoms with Crippen LogP contribution in [0.3, 0.4) is 0 Å². The van der Waals surface area contributed by atoms with Crippen LogP contribution >= 0.6 is 7.82 Å². The van der Waals surface area contributed by atoms with Crippen LogP contribution in [0.15, 0.2) is 48.6 Å². The Morgan fingerprint density at radius 3 is 1.36 bits per heavy atom. The first kappa shape index (κ1) is 56.4. The minimum Gasteiger partial charge on any atom is -0.480 e. The average Bonchev–Trinajstić information content (AvgIpc) is 3.21. The molecule has 0 bridgehead atoms. The highest BCUT2D eigenvalue weighted by Crippen LogP contribution is 2.43. The Hall–Kier alpha value is -2.56. The molecular formula is C47H84NO10P. The molecule has 0 amide bonds. The molecule has 4 N–H and O–H groups in total. The Morgan fingerprint density at radius 2 is 0.898 bits per heavy atom. The molecule has 0 aromatic heterocycles. The standard InChI is InChI=1S/C47H84NO10P/c1-3-5-7-9-11-13-15-17-19-21-22-23-25-27-29-31-33-35-37-39-46(50)58-43(41-56-59(53,54)57-42-44(48)47(51)52)40-55-45(49)38-36-34-32-30-28-26-24-20-18-16-14-12-10-8-6-4-2/h11,13-14,16-17,19-20,24,43-44H,3-10,12,15,18,21-23,25-42,48H2,1-2H3,(H,51,52)(H,53,54)/b13-11-,16-14-,19-17-,24-20-. The molecule has 0 aliphatic carbocycles. The average molecular weight is 854 g/mol. The summed E-state index contributed by atoms with van der Waals surface area (Å²) in [4.78, 5) is 46.0. The Morgan fingerprint density at radius 1 is 0.525 bits per heavy atom. The number of hydrogen-bond donors (Lipinski definition) is 3. The van der Waals surface area contributed by atoms with Gasteiger partial charge < -0.3 is 25.2 Å². The van der Waals surface area contributed by atoms with Crippen LogP contribution < -0.4 is 5.73 Å². The van der Waals surface area contributed by atoms with Gasteiger partial charge in [-0.25, -0.2) is 4.57 Å². The minimum absolute atomic E-state index is 0.152. The lowest BCUT2D eigenvalue weighted by Crippen LogP contribution is -2.34. The topological polar surface area (TPSA) is 172 Å². The van der Waals surface area contributed by atoms with E-state index in [1.165, 1.54) is 83.5 Å². The fourth-order valence-corrected chi connectivity index (χ4v) is 6.90. The van der Waals surface area contributed by atoms with Gasteiger partial charge in [0.25, 0.3) is 0 Å². The maximum atomic E-state index is 12.7. The smallest absolute Gasteiger partial charge is 0.472 e. The number of carboxylic acids is 1. The van der Waals surface area contributed by atoms with Crippen molar-refractivity contribution in [3.8, 4) is 0 Å². The summed E-state index contributed by atoms with van der Waals surface area (Å²) in [5.41, 5.74) is 5.34. The molecule has 3 unspecified atom stereocenters. The van der Waals surface area contributed by atoms with Gasteiger partial charge >= 0.3 is 25.7 Å². The van der Waals surface area contributed by atoms with E-state index in [0.717, 1.165) is 77.0 Å². The zero-order valence-electron chi connectivity index (χ0n) is 37.1. The van der Waals surface area contributed by atoms with Crippen molar-refractivity contribution in [2.75, 3.05) is 19.8 Å². The summed E-state index contributed by atoms with van der Waals surface area (Å²) in [5.74, 6) is -2.40. The first-order valence-electron chi connectivity index (χ1n) is 23.2. The molecule has 3 atom stereocenters. The van der Waals surface area contributed by atoms with Crippen LogP contribution in [0.5, 0.6) is 0 Å². The van der Waals surface area contributed by atoms with E-state index in [9.17, 15) is 23.8 Å². The van der Waals surface area contributed by atoms with Crippen molar-refractivity contribution in [1.82, 2.24) is 0 Å². The van der Waals surface area contributed by atoms with E-state index >= 15 is 0 Å². The van der Waals surface area contributed by atoms with Crippen LogP contribution in [-0.2, 0) is 37.5 Å². The summed E-state index contributed by atoms with van der Waals surface area (Å²) < 4.78 is 32.7. The number of allylic oxidation sites excluding steroid dienone is 8. The number of carbonyl (C=O) groups is 3. The molecule has 0 fully saturated rings. The van der Waals surface area contributed by atoms with Crippen molar-refractivity contribution in [3.63, 3.8) is 0 Å². The monoisotopic (exact) mass is 854 g/mol. The highest BCUT2D eigenvalue weighted by Gasteiger charge is 2.28. The van der Waals surface area contributed by atoms with Gasteiger partial charge in [-0.2, -0.15) is 0 Å². The van der Waals surface area contributed by atoms with E-state index in [2.05, 4.69) is 67.0 Å². The van der Waals surface area contributed by atoms with Crippen molar-refractivity contribution >= 4 is 25.7 Å². The van der Waals surface area contributed by atoms with Gasteiger partial charge in [-0.1, -0.05) is 159 Å². The molecule has 342 valence electrons. The summed E-state index contributed by atoms with van der Waals surface area (Å²) in [5, 5.41) is 8.90. The molecule has 0 aliphatic rings. The predicted octanol–water partition coefficient (Wildman–Crippen LogP) is 12.6. The molecule has 0 saturated carbocycles. The fraction of sp³-hybridized carbons (Fsp3) is 0.766. The van der Waals surface area contributed by atoms with Gasteiger partial charge in [-0.3, -0.25) is 23.4 Å². The lowest BCUT2D eigenvalue weighted by Gasteiger charge is -2.20.